The van der Waals surface area contributed by atoms with Crippen molar-refractivity contribution in [3.05, 3.63) is 75.0 Å². The van der Waals surface area contributed by atoms with Crippen molar-refractivity contribution in [2.45, 2.75) is 50.6 Å². The van der Waals surface area contributed by atoms with Crippen LogP contribution in [-0.4, -0.2) is 106 Å². The summed E-state index contributed by atoms with van der Waals surface area (Å²) in [6.07, 6.45) is 2.81. The molecule has 1 aromatic heterocycles. The van der Waals surface area contributed by atoms with Crippen LogP contribution in [0.3, 0.4) is 0 Å². The number of hydrogen-bond donors (Lipinski definition) is 5. The number of hydrogen-bond acceptors (Lipinski definition) is 10. The largest absolute Gasteiger partial charge is 0.483 e. The molecule has 54 heavy (non-hydrogen) atoms. The van der Waals surface area contributed by atoms with Crippen molar-refractivity contribution < 1.29 is 43.1 Å². The highest BCUT2D eigenvalue weighted by molar-refractivity contribution is 6.40. The van der Waals surface area contributed by atoms with E-state index in [0.717, 1.165) is 4.90 Å². The van der Waals surface area contributed by atoms with Gasteiger partial charge in [0.25, 0.3) is 29.5 Å². The molecule has 282 valence electrons. The second-order valence-corrected chi connectivity index (χ2v) is 13.5. The number of anilines is 1. The number of aromatic nitrogens is 2. The number of aromatic amines is 1. The van der Waals surface area contributed by atoms with Gasteiger partial charge in [0.15, 0.2) is 6.61 Å². The number of amides is 8. The van der Waals surface area contributed by atoms with Gasteiger partial charge in [0.05, 0.1) is 38.6 Å². The molecule has 5 N–H and O–H groups in total. The van der Waals surface area contributed by atoms with E-state index >= 15 is 0 Å². The average Bonchev–Trinajstić information content (AvgIpc) is 3.71. The van der Waals surface area contributed by atoms with Gasteiger partial charge in [-0.25, -0.2) is 0 Å². The van der Waals surface area contributed by atoms with E-state index in [2.05, 4.69) is 31.5 Å². The number of carbonyl (C=O) groups is 8. The van der Waals surface area contributed by atoms with Crippen molar-refractivity contribution in [1.82, 2.24) is 35.9 Å². The number of nitrogens with zero attached hydrogens (tertiary/aromatic N) is 3. The lowest BCUT2D eigenvalue weighted by atomic mass is 10.0. The molecule has 3 aliphatic heterocycles. The van der Waals surface area contributed by atoms with Crippen LogP contribution in [-0.2, 0) is 19.2 Å². The Balaban J connectivity index is 0.901. The first-order chi connectivity index (χ1) is 25.9. The molecule has 17 nitrogen and oxygen atoms in total. The molecule has 0 radical (unpaired) electrons. The second kappa shape index (κ2) is 16.5. The maximum absolute atomic E-state index is 13.2. The number of nitrogens with one attached hydrogen (secondary N) is 5. The van der Waals surface area contributed by atoms with Gasteiger partial charge in [0, 0.05) is 38.5 Å². The van der Waals surface area contributed by atoms with Crippen LogP contribution in [0.2, 0.25) is 10.0 Å². The van der Waals surface area contributed by atoms with Crippen molar-refractivity contribution >= 4 is 76.1 Å². The molecular formula is C35H34Cl2N8O9. The Labute approximate surface area is 317 Å². The Bertz CT molecular complexity index is 2030. The van der Waals surface area contributed by atoms with Gasteiger partial charge in [0.1, 0.15) is 17.5 Å². The first-order valence-electron chi connectivity index (χ1n) is 17.0. The standard InChI is InChI=1S/C35H34Cl2N8O9/c36-20-5-2-6-21(37)29(20)32(50)41-22-16-39-43-30(22)33(51)40-18-11-14-44(15-12-18)27(48)8-3-13-38-26(47)17-54-24-7-1-4-19-28(24)35(53)45(34(19)52)23-9-10-25(46)42-31(23)49/h1-2,4-7,16,18,23H,3,8-15,17H2,(H,38,47)(H,39,43)(H,40,51)(H,41,50)(H,42,46,49). The van der Waals surface area contributed by atoms with Gasteiger partial charge < -0.3 is 25.6 Å². The van der Waals surface area contributed by atoms with Gasteiger partial charge in [-0.3, -0.25) is 53.7 Å². The zero-order valence-corrected chi connectivity index (χ0v) is 30.1. The lowest BCUT2D eigenvalue weighted by molar-refractivity contribution is -0.136. The Morgan fingerprint density at radius 2 is 1.65 bits per heavy atom. The van der Waals surface area contributed by atoms with E-state index in [1.165, 1.54) is 36.5 Å². The smallest absolute Gasteiger partial charge is 0.271 e. The minimum Gasteiger partial charge on any atom is -0.483 e. The van der Waals surface area contributed by atoms with Gasteiger partial charge in [-0.15, -0.1) is 0 Å². The normalized spacial score (nSPS) is 17.2. The first-order valence-corrected chi connectivity index (χ1v) is 17.8. The van der Waals surface area contributed by atoms with E-state index in [9.17, 15) is 38.4 Å². The molecule has 0 bridgehead atoms. The number of rotatable bonds is 12. The maximum Gasteiger partial charge on any atom is 0.271 e. The summed E-state index contributed by atoms with van der Waals surface area (Å²) in [5.41, 5.74) is 0.220. The zero-order valence-electron chi connectivity index (χ0n) is 28.5. The monoisotopic (exact) mass is 780 g/mol. The lowest BCUT2D eigenvalue weighted by Gasteiger charge is -2.32. The third-order valence-corrected chi connectivity index (χ3v) is 9.80. The lowest BCUT2D eigenvalue weighted by Crippen LogP contribution is -2.54. The van der Waals surface area contributed by atoms with E-state index < -0.39 is 54.0 Å². The summed E-state index contributed by atoms with van der Waals surface area (Å²) in [5, 5.41) is 17.1. The van der Waals surface area contributed by atoms with Crippen LogP contribution < -0.4 is 26.0 Å². The van der Waals surface area contributed by atoms with E-state index in [1.54, 1.807) is 11.0 Å². The molecule has 19 heteroatoms. The van der Waals surface area contributed by atoms with E-state index in [0.29, 0.717) is 32.4 Å². The van der Waals surface area contributed by atoms with Gasteiger partial charge in [0.2, 0.25) is 17.7 Å². The molecule has 1 atom stereocenters. The number of imide groups is 2. The molecule has 2 fully saturated rings. The Hall–Kier alpha value is -5.81. The first kappa shape index (κ1) is 37.9. The number of ether oxygens (including phenoxy) is 1. The molecule has 2 saturated heterocycles. The van der Waals surface area contributed by atoms with Crippen LogP contribution in [0.1, 0.15) is 80.1 Å². The molecule has 3 aromatic rings. The van der Waals surface area contributed by atoms with E-state index in [1.807, 2.05) is 0 Å². The molecule has 0 spiro atoms. The Kier molecular flexibility index (Phi) is 11.6. The van der Waals surface area contributed by atoms with Crippen LogP contribution >= 0.6 is 23.2 Å². The molecule has 3 aliphatic rings. The number of likely N-dealkylation sites (tertiary alicyclic amines) is 1. The minimum atomic E-state index is -1.13. The van der Waals surface area contributed by atoms with E-state index in [4.69, 9.17) is 27.9 Å². The topological polar surface area (TPSA) is 229 Å². The summed E-state index contributed by atoms with van der Waals surface area (Å²) in [6, 6.07) is 7.64. The molecule has 0 aliphatic carbocycles. The number of fused-ring (bicyclic) bond motifs is 1. The minimum absolute atomic E-state index is 0.00104. The van der Waals surface area contributed by atoms with Crippen LogP contribution in [0.4, 0.5) is 5.69 Å². The second-order valence-electron chi connectivity index (χ2n) is 12.7. The quantitative estimate of drug-likeness (QED) is 0.133. The average molecular weight is 782 g/mol. The number of piperidine rings is 2. The van der Waals surface area contributed by atoms with Gasteiger partial charge in [-0.1, -0.05) is 35.3 Å². The van der Waals surface area contributed by atoms with Crippen LogP contribution in [0.15, 0.2) is 42.6 Å². The van der Waals surface area contributed by atoms with Crippen molar-refractivity contribution in [2.75, 3.05) is 31.6 Å². The molecule has 0 saturated carbocycles. The van der Waals surface area contributed by atoms with Crippen LogP contribution in [0.5, 0.6) is 5.75 Å². The SMILES string of the molecule is O=C(COc1cccc2c1C(=O)N(C1CCC(=O)NC1=O)C2=O)NCCCC(=O)N1CCC(NC(=O)c2[nH]ncc2NC(=O)c2c(Cl)cccc2Cl)CC1. The van der Waals surface area contributed by atoms with Crippen LogP contribution in [0.25, 0.3) is 0 Å². The number of carbonyl (C=O) groups excluding carboxylic acids is 8. The van der Waals surface area contributed by atoms with Crippen molar-refractivity contribution in [3.8, 4) is 5.75 Å². The predicted molar refractivity (Wildman–Crippen MR) is 191 cm³/mol. The summed E-state index contributed by atoms with van der Waals surface area (Å²) in [5.74, 6) is -4.36. The fourth-order valence-corrected chi connectivity index (χ4v) is 6.98. The van der Waals surface area contributed by atoms with Crippen LogP contribution in [0, 0.1) is 0 Å². The Morgan fingerprint density at radius 1 is 0.926 bits per heavy atom. The number of halogens is 2. The number of H-pyrrole nitrogens is 1. The van der Waals surface area contributed by atoms with Crippen molar-refractivity contribution in [2.24, 2.45) is 0 Å². The summed E-state index contributed by atoms with van der Waals surface area (Å²) < 4.78 is 5.59. The summed E-state index contributed by atoms with van der Waals surface area (Å²) in [4.78, 5) is 104. The van der Waals surface area contributed by atoms with Crippen molar-refractivity contribution in [1.29, 1.82) is 0 Å². The third-order valence-electron chi connectivity index (χ3n) is 9.17. The molecular weight excluding hydrogens is 747 g/mol. The van der Waals surface area contributed by atoms with E-state index in [-0.39, 0.29) is 81.6 Å². The summed E-state index contributed by atoms with van der Waals surface area (Å²) in [7, 11) is 0. The van der Waals surface area contributed by atoms with Gasteiger partial charge in [-0.05, 0) is 49.9 Å². The summed E-state index contributed by atoms with van der Waals surface area (Å²) in [6.45, 7) is 0.530. The highest BCUT2D eigenvalue weighted by atomic mass is 35.5. The summed E-state index contributed by atoms with van der Waals surface area (Å²) >= 11 is 12.3. The third kappa shape index (κ3) is 8.21. The Morgan fingerprint density at radius 3 is 2.37 bits per heavy atom. The highest BCUT2D eigenvalue weighted by Crippen LogP contribution is 2.33. The maximum atomic E-state index is 13.2. The zero-order chi connectivity index (χ0) is 38.5. The number of benzene rings is 2. The molecule has 6 rings (SSSR count). The predicted octanol–water partition coefficient (Wildman–Crippen LogP) is 2.07. The van der Waals surface area contributed by atoms with Crippen molar-refractivity contribution in [3.63, 3.8) is 0 Å². The van der Waals surface area contributed by atoms with Gasteiger partial charge in [-0.2, -0.15) is 5.10 Å². The molecule has 8 amide bonds. The molecule has 4 heterocycles. The molecule has 2 aromatic carbocycles. The highest BCUT2D eigenvalue weighted by Gasteiger charge is 2.46. The van der Waals surface area contributed by atoms with Gasteiger partial charge >= 0.3 is 0 Å². The fraction of sp³-hybridized carbons (Fsp3) is 0.343. The fourth-order valence-electron chi connectivity index (χ4n) is 6.41. The molecule has 1 unspecified atom stereocenters.